The molecule has 85 heavy (non-hydrogen) atoms. The molecule has 0 radical (unpaired) electrons. The summed E-state index contributed by atoms with van der Waals surface area (Å²) in [5.74, 6) is 1.79. The minimum absolute atomic E-state index is 0.595. The molecule has 0 spiro atoms. The van der Waals surface area contributed by atoms with Crippen molar-refractivity contribution in [2.75, 3.05) is 0 Å². The van der Waals surface area contributed by atoms with Crippen LogP contribution in [0.25, 0.3) is 151 Å². The summed E-state index contributed by atoms with van der Waals surface area (Å²) >= 11 is 0. The number of rotatable bonds is 12. The molecule has 0 aliphatic carbocycles. The molecule has 0 saturated heterocycles. The maximum absolute atomic E-state index is 5.31. The van der Waals surface area contributed by atoms with Gasteiger partial charge < -0.3 is 4.57 Å². The predicted octanol–water partition coefficient (Wildman–Crippen LogP) is 21.3. The zero-order chi connectivity index (χ0) is 56.5. The number of fused-ring (bicyclic) bond motifs is 3. The van der Waals surface area contributed by atoms with Crippen molar-refractivity contribution >= 4 is 21.8 Å². The highest BCUT2D eigenvalue weighted by atomic mass is 15.0. The second kappa shape index (κ2) is 22.2. The van der Waals surface area contributed by atoms with E-state index >= 15 is 0 Å². The van der Waals surface area contributed by atoms with E-state index in [0.717, 1.165) is 83.6 Å². The molecule has 0 fully saturated rings. The number of aromatic nitrogens is 4. The van der Waals surface area contributed by atoms with E-state index in [-0.39, 0.29) is 0 Å². The Morgan fingerprint density at radius 3 is 0.788 bits per heavy atom. The van der Waals surface area contributed by atoms with Crippen LogP contribution in [0.2, 0.25) is 0 Å². The molecule has 0 aliphatic rings. The fraction of sp³-hybridized carbons (Fsp3) is 0. The van der Waals surface area contributed by atoms with Crippen molar-refractivity contribution in [2.45, 2.75) is 0 Å². The first-order valence-corrected chi connectivity index (χ1v) is 28.9. The highest BCUT2D eigenvalue weighted by Crippen LogP contribution is 2.38. The van der Waals surface area contributed by atoms with Crippen LogP contribution in [-0.4, -0.2) is 19.5 Å². The molecule has 0 saturated carbocycles. The number of nitrogens with zero attached hydrogens (tertiary/aromatic N) is 4. The molecule has 2 heterocycles. The molecule has 15 rings (SSSR count). The first kappa shape index (κ1) is 50.6. The summed E-state index contributed by atoms with van der Waals surface area (Å²) in [6.45, 7) is 0. The summed E-state index contributed by atoms with van der Waals surface area (Å²) in [4.78, 5) is 15.9. The molecule has 13 aromatic carbocycles. The van der Waals surface area contributed by atoms with Gasteiger partial charge >= 0.3 is 0 Å². The summed E-state index contributed by atoms with van der Waals surface area (Å²) in [6.07, 6.45) is 0. The van der Waals surface area contributed by atoms with Gasteiger partial charge in [0, 0.05) is 33.2 Å². The fourth-order valence-electron chi connectivity index (χ4n) is 11.9. The Bertz CT molecular complexity index is 4870. The van der Waals surface area contributed by atoms with Gasteiger partial charge in [-0.15, -0.1) is 0 Å². The predicted molar refractivity (Wildman–Crippen MR) is 354 cm³/mol. The van der Waals surface area contributed by atoms with Gasteiger partial charge in [-0.2, -0.15) is 0 Å². The average Bonchev–Trinajstić information content (AvgIpc) is 2.62. The number of hydrogen-bond acceptors (Lipinski definition) is 3. The third-order valence-corrected chi connectivity index (χ3v) is 16.3. The van der Waals surface area contributed by atoms with Crippen LogP contribution in [0.5, 0.6) is 0 Å². The Kier molecular flexibility index (Phi) is 13.2. The molecular weight excluding hydrogens is 1030 g/mol. The molecule has 0 N–H and O–H groups in total. The summed E-state index contributed by atoms with van der Waals surface area (Å²) in [5.41, 5.74) is 24.5. The standard InChI is InChI=1S/C81H54N4/c1-3-18-55(19-4-1)57-40-42-58(43-41-57)62-23-13-27-66(50-62)69-30-15-33-72(52-69)80-82-79(60-46-44-59(45-47-60)63-24-12-26-65(49-63)64-25-11-22-61(48-64)56-20-5-2-6-21-56)83-81(84-80)73-34-16-31-70(53-73)67-28-14-29-68(51-67)71-32-17-35-74(54-71)85-77-38-9-7-36-75(77)76-37-8-10-39-78(76)85/h1-54H. The second-order valence-corrected chi connectivity index (χ2v) is 21.6. The molecule has 0 aliphatic heterocycles. The lowest BCUT2D eigenvalue weighted by atomic mass is 9.96. The van der Waals surface area contributed by atoms with Gasteiger partial charge in [-0.1, -0.05) is 267 Å². The van der Waals surface area contributed by atoms with E-state index in [2.05, 4.69) is 332 Å². The van der Waals surface area contributed by atoms with Gasteiger partial charge in [0.25, 0.3) is 0 Å². The lowest BCUT2D eigenvalue weighted by Crippen LogP contribution is -2.00. The lowest BCUT2D eigenvalue weighted by Gasteiger charge is -2.12. The van der Waals surface area contributed by atoms with Gasteiger partial charge in [-0.3, -0.25) is 0 Å². The normalized spacial score (nSPS) is 11.3. The van der Waals surface area contributed by atoms with Crippen LogP contribution >= 0.6 is 0 Å². The third kappa shape index (κ3) is 10.2. The second-order valence-electron chi connectivity index (χ2n) is 21.6. The summed E-state index contributed by atoms with van der Waals surface area (Å²) < 4.78 is 2.38. The quantitative estimate of drug-likeness (QED) is 0.122. The summed E-state index contributed by atoms with van der Waals surface area (Å²) in [7, 11) is 0. The number of hydrogen-bond donors (Lipinski definition) is 0. The van der Waals surface area contributed by atoms with Crippen molar-refractivity contribution in [3.8, 4) is 129 Å². The largest absolute Gasteiger partial charge is 0.309 e. The Hall–Kier alpha value is -11.3. The molecule has 4 nitrogen and oxygen atoms in total. The molecule has 2 aromatic heterocycles. The highest BCUT2D eigenvalue weighted by molar-refractivity contribution is 6.09. The minimum Gasteiger partial charge on any atom is -0.309 e. The van der Waals surface area contributed by atoms with Crippen LogP contribution in [0.4, 0.5) is 0 Å². The minimum atomic E-state index is 0.595. The molecule has 398 valence electrons. The van der Waals surface area contributed by atoms with Crippen molar-refractivity contribution < 1.29 is 0 Å². The van der Waals surface area contributed by atoms with Crippen molar-refractivity contribution in [3.05, 3.63) is 328 Å². The number of para-hydroxylation sites is 2. The first-order valence-electron chi connectivity index (χ1n) is 28.9. The van der Waals surface area contributed by atoms with E-state index in [1.165, 1.54) is 49.6 Å². The third-order valence-electron chi connectivity index (χ3n) is 16.3. The first-order chi connectivity index (χ1) is 42.1. The SMILES string of the molecule is c1ccc(-c2ccc(-c3cccc(-c4cccc(-c5nc(-c6ccc(-c7cccc(-c8cccc(-c9ccccc9)c8)c7)cc6)nc(-c6cccc(-c7cccc(-c8cccc(-n9c%10ccccc%10c%10ccccc%109)c8)c7)c6)n5)c4)c3)cc2)cc1. The van der Waals surface area contributed by atoms with Gasteiger partial charge in [0.2, 0.25) is 0 Å². The molecule has 0 atom stereocenters. The van der Waals surface area contributed by atoms with E-state index in [1.54, 1.807) is 0 Å². The molecule has 0 unspecified atom stereocenters. The Balaban J connectivity index is 0.779. The molecule has 0 amide bonds. The zero-order valence-electron chi connectivity index (χ0n) is 46.5. The maximum atomic E-state index is 5.31. The maximum Gasteiger partial charge on any atom is 0.164 e. The lowest BCUT2D eigenvalue weighted by molar-refractivity contribution is 1.07. The van der Waals surface area contributed by atoms with Crippen LogP contribution in [0.3, 0.4) is 0 Å². The van der Waals surface area contributed by atoms with Crippen LogP contribution in [-0.2, 0) is 0 Å². The van der Waals surface area contributed by atoms with Gasteiger partial charge in [0.1, 0.15) is 0 Å². The van der Waals surface area contributed by atoms with Gasteiger partial charge in [-0.25, -0.2) is 15.0 Å². The van der Waals surface area contributed by atoms with Gasteiger partial charge in [0.05, 0.1) is 11.0 Å². The smallest absolute Gasteiger partial charge is 0.164 e. The topological polar surface area (TPSA) is 43.6 Å². The summed E-state index contributed by atoms with van der Waals surface area (Å²) in [5, 5.41) is 2.49. The van der Waals surface area contributed by atoms with Crippen molar-refractivity contribution in [1.82, 2.24) is 19.5 Å². The Morgan fingerprint density at radius 1 is 0.165 bits per heavy atom. The Morgan fingerprint density at radius 2 is 0.400 bits per heavy atom. The highest BCUT2D eigenvalue weighted by Gasteiger charge is 2.17. The van der Waals surface area contributed by atoms with Gasteiger partial charge in [0.15, 0.2) is 17.5 Å². The molecular formula is C81H54N4. The van der Waals surface area contributed by atoms with E-state index in [9.17, 15) is 0 Å². The van der Waals surface area contributed by atoms with Crippen LogP contribution in [0.15, 0.2) is 328 Å². The van der Waals surface area contributed by atoms with E-state index in [4.69, 9.17) is 15.0 Å². The molecule has 4 heteroatoms. The number of benzene rings is 13. The molecule has 15 aromatic rings. The molecule has 0 bridgehead atoms. The van der Waals surface area contributed by atoms with Gasteiger partial charge in [-0.05, 0) is 150 Å². The monoisotopic (exact) mass is 1080 g/mol. The van der Waals surface area contributed by atoms with Crippen LogP contribution in [0.1, 0.15) is 0 Å². The van der Waals surface area contributed by atoms with Crippen LogP contribution in [0, 0.1) is 0 Å². The van der Waals surface area contributed by atoms with Crippen LogP contribution < -0.4 is 0 Å². The zero-order valence-corrected chi connectivity index (χ0v) is 46.5. The summed E-state index contributed by atoms with van der Waals surface area (Å²) in [6, 6.07) is 117. The van der Waals surface area contributed by atoms with E-state index in [1.807, 2.05) is 0 Å². The fourth-order valence-corrected chi connectivity index (χ4v) is 11.9. The average molecular weight is 1080 g/mol. The van der Waals surface area contributed by atoms with Crippen molar-refractivity contribution in [3.63, 3.8) is 0 Å². The van der Waals surface area contributed by atoms with E-state index < -0.39 is 0 Å². The Labute approximate surface area is 495 Å². The van der Waals surface area contributed by atoms with Crippen molar-refractivity contribution in [1.29, 1.82) is 0 Å². The van der Waals surface area contributed by atoms with E-state index in [0.29, 0.717) is 17.5 Å². The van der Waals surface area contributed by atoms with Crippen molar-refractivity contribution in [2.24, 2.45) is 0 Å².